The molecule has 3 rings (SSSR count). The molecule has 9 heteroatoms. The minimum Gasteiger partial charge on any atom is -0.466 e. The second-order valence-electron chi connectivity index (χ2n) is 6.31. The lowest BCUT2D eigenvalue weighted by Crippen LogP contribution is -2.16. The average Bonchev–Trinajstić information content (AvgIpc) is 3.20. The van der Waals surface area contributed by atoms with Crippen molar-refractivity contribution in [1.82, 2.24) is 10.2 Å². The standard InChI is InChI=1S/C18H19N3O5S/c1-10(2)27(23,24)14-7-5-6-13(9-14)16(22)19-18-21-20-17(26-18)15-8-11(3)25-12(15)4/h5-10H,1-4H3,(H,19,21,22). The first-order valence-corrected chi connectivity index (χ1v) is 9.79. The topological polar surface area (TPSA) is 115 Å². The Morgan fingerprint density at radius 3 is 2.48 bits per heavy atom. The number of nitrogens with one attached hydrogen (secondary N) is 1. The van der Waals surface area contributed by atoms with Gasteiger partial charge in [-0.25, -0.2) is 8.42 Å². The summed E-state index contributed by atoms with van der Waals surface area (Å²) < 4.78 is 35.4. The van der Waals surface area contributed by atoms with Gasteiger partial charge in [-0.2, -0.15) is 0 Å². The number of sulfone groups is 1. The Hall–Kier alpha value is -2.94. The SMILES string of the molecule is Cc1cc(-c2nnc(NC(=O)c3cccc(S(=O)(=O)C(C)C)c3)o2)c(C)o1. The quantitative estimate of drug-likeness (QED) is 0.711. The van der Waals surface area contributed by atoms with Crippen LogP contribution in [0.15, 0.2) is 44.1 Å². The summed E-state index contributed by atoms with van der Waals surface area (Å²) in [7, 11) is -3.48. The van der Waals surface area contributed by atoms with Gasteiger partial charge in [-0.1, -0.05) is 11.2 Å². The van der Waals surface area contributed by atoms with Gasteiger partial charge in [0.05, 0.1) is 15.7 Å². The summed E-state index contributed by atoms with van der Waals surface area (Å²) in [6.45, 7) is 6.74. The number of furan rings is 1. The summed E-state index contributed by atoms with van der Waals surface area (Å²) in [5.74, 6) is 0.997. The fraction of sp³-hybridized carbons (Fsp3) is 0.278. The normalized spacial score (nSPS) is 11.7. The fourth-order valence-electron chi connectivity index (χ4n) is 2.48. The van der Waals surface area contributed by atoms with Crippen molar-refractivity contribution in [1.29, 1.82) is 0 Å². The van der Waals surface area contributed by atoms with Crippen LogP contribution in [0.4, 0.5) is 6.01 Å². The lowest BCUT2D eigenvalue weighted by atomic mass is 10.2. The molecule has 0 spiro atoms. The molecule has 8 nitrogen and oxygen atoms in total. The molecule has 0 aliphatic carbocycles. The van der Waals surface area contributed by atoms with Gasteiger partial charge >= 0.3 is 6.01 Å². The highest BCUT2D eigenvalue weighted by atomic mass is 32.2. The van der Waals surface area contributed by atoms with Crippen molar-refractivity contribution in [3.05, 3.63) is 47.4 Å². The summed E-state index contributed by atoms with van der Waals surface area (Å²) >= 11 is 0. The van der Waals surface area contributed by atoms with Crippen LogP contribution in [0, 0.1) is 13.8 Å². The van der Waals surface area contributed by atoms with Gasteiger partial charge in [-0.05, 0) is 52.0 Å². The van der Waals surface area contributed by atoms with Gasteiger partial charge in [0.15, 0.2) is 9.84 Å². The van der Waals surface area contributed by atoms with E-state index in [1.165, 1.54) is 24.3 Å². The minimum absolute atomic E-state index is 0.0841. The van der Waals surface area contributed by atoms with E-state index in [4.69, 9.17) is 8.83 Å². The molecule has 2 aromatic heterocycles. The van der Waals surface area contributed by atoms with Gasteiger partial charge in [-0.3, -0.25) is 10.1 Å². The van der Waals surface area contributed by atoms with Crippen LogP contribution < -0.4 is 5.32 Å². The molecule has 27 heavy (non-hydrogen) atoms. The maximum absolute atomic E-state index is 12.4. The maximum Gasteiger partial charge on any atom is 0.322 e. The molecular weight excluding hydrogens is 370 g/mol. The first kappa shape index (κ1) is 18.8. The van der Waals surface area contributed by atoms with Crippen LogP contribution in [0.3, 0.4) is 0 Å². The molecule has 0 aliphatic rings. The third kappa shape index (κ3) is 3.77. The zero-order chi connectivity index (χ0) is 19.8. The number of anilines is 1. The van der Waals surface area contributed by atoms with Crippen molar-refractivity contribution in [3.63, 3.8) is 0 Å². The van der Waals surface area contributed by atoms with Crippen LogP contribution in [-0.4, -0.2) is 29.8 Å². The van der Waals surface area contributed by atoms with Gasteiger partial charge in [-0.15, -0.1) is 5.10 Å². The number of hydrogen-bond donors (Lipinski definition) is 1. The van der Waals surface area contributed by atoms with Gasteiger partial charge < -0.3 is 8.83 Å². The van der Waals surface area contributed by atoms with Crippen molar-refractivity contribution in [2.45, 2.75) is 37.8 Å². The van der Waals surface area contributed by atoms with Crippen molar-refractivity contribution < 1.29 is 22.0 Å². The fourth-order valence-corrected chi connectivity index (χ4v) is 3.59. The Morgan fingerprint density at radius 2 is 1.85 bits per heavy atom. The Kier molecular flexibility index (Phi) is 4.88. The summed E-state index contributed by atoms with van der Waals surface area (Å²) in [4.78, 5) is 12.5. The number of amides is 1. The molecule has 142 valence electrons. The lowest BCUT2D eigenvalue weighted by molar-refractivity contribution is 0.102. The van der Waals surface area contributed by atoms with E-state index in [9.17, 15) is 13.2 Å². The molecule has 0 unspecified atom stereocenters. The Balaban J connectivity index is 1.82. The molecule has 0 atom stereocenters. The second kappa shape index (κ2) is 6.99. The molecule has 1 N–H and O–H groups in total. The van der Waals surface area contributed by atoms with Crippen LogP contribution in [0.25, 0.3) is 11.5 Å². The summed E-state index contributed by atoms with van der Waals surface area (Å²) in [6.07, 6.45) is 0. The van der Waals surface area contributed by atoms with E-state index >= 15 is 0 Å². The number of aromatic nitrogens is 2. The molecular formula is C18H19N3O5S. The number of rotatable bonds is 5. The summed E-state index contributed by atoms with van der Waals surface area (Å²) in [5, 5.41) is 9.59. The van der Waals surface area contributed by atoms with Crippen LogP contribution in [-0.2, 0) is 9.84 Å². The van der Waals surface area contributed by atoms with E-state index in [1.807, 2.05) is 0 Å². The average molecular weight is 389 g/mol. The molecule has 0 bridgehead atoms. The lowest BCUT2D eigenvalue weighted by Gasteiger charge is -2.09. The Labute approximate surface area is 156 Å². The van der Waals surface area contributed by atoms with Crippen LogP contribution in [0.1, 0.15) is 35.7 Å². The van der Waals surface area contributed by atoms with E-state index in [2.05, 4.69) is 15.5 Å². The Bertz CT molecular complexity index is 1100. The maximum atomic E-state index is 12.4. The van der Waals surface area contributed by atoms with Crippen molar-refractivity contribution in [2.24, 2.45) is 0 Å². The molecule has 0 saturated carbocycles. The number of nitrogens with zero attached hydrogens (tertiary/aromatic N) is 2. The van der Waals surface area contributed by atoms with E-state index in [0.717, 1.165) is 0 Å². The molecule has 2 heterocycles. The smallest absolute Gasteiger partial charge is 0.322 e. The van der Waals surface area contributed by atoms with E-state index in [0.29, 0.717) is 17.1 Å². The number of aryl methyl sites for hydroxylation is 2. The summed E-state index contributed by atoms with van der Waals surface area (Å²) in [6, 6.07) is 7.47. The number of carbonyl (C=O) groups excluding carboxylic acids is 1. The monoisotopic (exact) mass is 389 g/mol. The predicted molar refractivity (Wildman–Crippen MR) is 98.2 cm³/mol. The molecule has 0 fully saturated rings. The van der Waals surface area contributed by atoms with Crippen LogP contribution in [0.5, 0.6) is 0 Å². The highest BCUT2D eigenvalue weighted by molar-refractivity contribution is 7.92. The third-order valence-corrected chi connectivity index (χ3v) is 6.11. The third-order valence-electron chi connectivity index (χ3n) is 3.96. The number of hydrogen-bond acceptors (Lipinski definition) is 7. The van der Waals surface area contributed by atoms with Gasteiger partial charge in [0, 0.05) is 5.56 Å². The first-order chi connectivity index (χ1) is 12.7. The van der Waals surface area contributed by atoms with Crippen LogP contribution >= 0.6 is 0 Å². The first-order valence-electron chi connectivity index (χ1n) is 8.24. The zero-order valence-electron chi connectivity index (χ0n) is 15.3. The van der Waals surface area contributed by atoms with E-state index in [-0.39, 0.29) is 22.4 Å². The molecule has 0 saturated heterocycles. The molecule has 0 aliphatic heterocycles. The van der Waals surface area contributed by atoms with Crippen molar-refractivity contribution >= 4 is 21.8 Å². The summed E-state index contributed by atoms with van der Waals surface area (Å²) in [5.41, 5.74) is 0.817. The molecule has 1 amide bonds. The largest absolute Gasteiger partial charge is 0.466 e. The van der Waals surface area contributed by atoms with Crippen molar-refractivity contribution in [2.75, 3.05) is 5.32 Å². The number of carbonyl (C=O) groups is 1. The second-order valence-corrected chi connectivity index (χ2v) is 8.82. The van der Waals surface area contributed by atoms with E-state index < -0.39 is 21.0 Å². The highest BCUT2D eigenvalue weighted by Gasteiger charge is 2.21. The van der Waals surface area contributed by atoms with Crippen LogP contribution in [0.2, 0.25) is 0 Å². The highest BCUT2D eigenvalue weighted by Crippen LogP contribution is 2.26. The van der Waals surface area contributed by atoms with Gasteiger partial charge in [0.1, 0.15) is 11.5 Å². The predicted octanol–water partition coefficient (Wildman–Crippen LogP) is 3.38. The molecule has 0 radical (unpaired) electrons. The number of benzene rings is 1. The molecule has 1 aromatic carbocycles. The zero-order valence-corrected chi connectivity index (χ0v) is 16.1. The van der Waals surface area contributed by atoms with Gasteiger partial charge in [0.25, 0.3) is 11.8 Å². The van der Waals surface area contributed by atoms with E-state index in [1.54, 1.807) is 33.8 Å². The minimum atomic E-state index is -3.48. The molecule has 3 aromatic rings. The van der Waals surface area contributed by atoms with Gasteiger partial charge in [0.2, 0.25) is 0 Å². The Morgan fingerprint density at radius 1 is 1.11 bits per heavy atom. The van der Waals surface area contributed by atoms with Crippen molar-refractivity contribution in [3.8, 4) is 11.5 Å².